The SMILES string of the molecule is O=C1OCCC/C1=C(/O)C(F)(F)F.[Cu]. The van der Waals surface area contributed by atoms with Crippen LogP contribution in [0.2, 0.25) is 0 Å². The molecule has 0 bridgehead atoms. The Balaban J connectivity index is 0.00000169. The summed E-state index contributed by atoms with van der Waals surface area (Å²) in [5.74, 6) is -2.92. The Morgan fingerprint density at radius 2 is 2.00 bits per heavy atom. The van der Waals surface area contributed by atoms with Crippen LogP contribution in [0.5, 0.6) is 0 Å². The third-order valence-electron chi connectivity index (χ3n) is 1.61. The largest absolute Gasteiger partial charge is 0.504 e. The van der Waals surface area contributed by atoms with Crippen molar-refractivity contribution >= 4 is 5.97 Å². The summed E-state index contributed by atoms with van der Waals surface area (Å²) in [5.41, 5.74) is -0.682. The summed E-state index contributed by atoms with van der Waals surface area (Å²) in [6.07, 6.45) is -4.66. The summed E-state index contributed by atoms with van der Waals surface area (Å²) in [6.45, 7) is 0.105. The van der Waals surface area contributed by atoms with Gasteiger partial charge in [0.1, 0.15) is 0 Å². The predicted octanol–water partition coefficient (Wildman–Crippen LogP) is 1.70. The van der Waals surface area contributed by atoms with Crippen LogP contribution in [-0.2, 0) is 26.6 Å². The first-order valence-corrected chi connectivity index (χ1v) is 3.59. The van der Waals surface area contributed by atoms with E-state index in [2.05, 4.69) is 4.74 Å². The number of carbonyl (C=O) groups excluding carboxylic acids is 1. The second-order valence-electron chi connectivity index (χ2n) is 2.56. The van der Waals surface area contributed by atoms with Crippen molar-refractivity contribution in [3.05, 3.63) is 11.3 Å². The standard InChI is InChI=1S/C7H7F3O3.Cu/c8-7(9,10)5(11)4-2-1-3-13-6(4)12;/h11H,1-3H2;/b5-4-;. The second kappa shape index (κ2) is 4.70. The maximum absolute atomic E-state index is 11.9. The number of aliphatic hydroxyl groups is 1. The minimum Gasteiger partial charge on any atom is -0.504 e. The van der Waals surface area contributed by atoms with Gasteiger partial charge in [-0.3, -0.25) is 0 Å². The quantitative estimate of drug-likeness (QED) is 0.312. The summed E-state index contributed by atoms with van der Waals surface area (Å²) in [6, 6.07) is 0. The van der Waals surface area contributed by atoms with Gasteiger partial charge in [-0.1, -0.05) is 0 Å². The van der Waals surface area contributed by atoms with Crippen LogP contribution in [0.4, 0.5) is 13.2 Å². The minimum atomic E-state index is -4.87. The molecular formula is C7H7CuF3O3. The Morgan fingerprint density at radius 3 is 2.43 bits per heavy atom. The maximum Gasteiger partial charge on any atom is 0.449 e. The van der Waals surface area contributed by atoms with E-state index in [0.717, 1.165) is 0 Å². The summed E-state index contributed by atoms with van der Waals surface area (Å²) >= 11 is 0. The Hall–Kier alpha value is -0.681. The van der Waals surface area contributed by atoms with Crippen LogP contribution >= 0.6 is 0 Å². The molecule has 1 heterocycles. The van der Waals surface area contributed by atoms with Crippen LogP contribution in [0, 0.1) is 0 Å². The molecule has 1 aliphatic heterocycles. The molecule has 1 aliphatic rings. The number of carbonyl (C=O) groups is 1. The summed E-state index contributed by atoms with van der Waals surface area (Å²) in [5, 5.41) is 8.63. The van der Waals surface area contributed by atoms with Crippen molar-refractivity contribution in [2.75, 3.05) is 6.61 Å². The van der Waals surface area contributed by atoms with E-state index in [1.54, 1.807) is 0 Å². The number of hydrogen-bond acceptors (Lipinski definition) is 3. The number of allylic oxidation sites excluding steroid dienone is 1. The predicted molar refractivity (Wildman–Crippen MR) is 35.9 cm³/mol. The first-order chi connectivity index (χ1) is 5.93. The molecule has 14 heavy (non-hydrogen) atoms. The number of aliphatic hydroxyl groups excluding tert-OH is 1. The number of rotatable bonds is 0. The van der Waals surface area contributed by atoms with Gasteiger partial charge < -0.3 is 9.84 Å². The normalized spacial score (nSPS) is 20.9. The van der Waals surface area contributed by atoms with Crippen molar-refractivity contribution in [3.63, 3.8) is 0 Å². The molecule has 0 aromatic rings. The molecule has 0 aromatic heterocycles. The van der Waals surface area contributed by atoms with Crippen LogP contribution in [0.15, 0.2) is 11.3 Å². The van der Waals surface area contributed by atoms with Gasteiger partial charge >= 0.3 is 12.1 Å². The summed E-state index contributed by atoms with van der Waals surface area (Å²) in [4.78, 5) is 10.7. The molecule has 85 valence electrons. The van der Waals surface area contributed by atoms with E-state index in [1.807, 2.05) is 0 Å². The molecular weight excluding hydrogens is 253 g/mol. The van der Waals surface area contributed by atoms with Gasteiger partial charge in [-0.15, -0.1) is 0 Å². The molecule has 1 fully saturated rings. The molecule has 7 heteroatoms. The van der Waals surface area contributed by atoms with Crippen molar-refractivity contribution in [3.8, 4) is 0 Å². The molecule has 0 unspecified atom stereocenters. The zero-order valence-electron chi connectivity index (χ0n) is 6.82. The average Bonchev–Trinajstić information content (AvgIpc) is 2.02. The average molecular weight is 260 g/mol. The van der Waals surface area contributed by atoms with Crippen molar-refractivity contribution in [2.24, 2.45) is 0 Å². The van der Waals surface area contributed by atoms with Crippen LogP contribution < -0.4 is 0 Å². The zero-order chi connectivity index (χ0) is 10.1. The molecule has 3 nitrogen and oxygen atoms in total. The van der Waals surface area contributed by atoms with Gasteiger partial charge in [0.05, 0.1) is 12.2 Å². The van der Waals surface area contributed by atoms with Gasteiger partial charge in [-0.25, -0.2) is 4.79 Å². The molecule has 0 atom stereocenters. The van der Waals surface area contributed by atoms with Gasteiger partial charge in [0.2, 0.25) is 5.76 Å². The summed E-state index contributed by atoms with van der Waals surface area (Å²) < 4.78 is 40.0. The Kier molecular flexibility index (Phi) is 4.47. The summed E-state index contributed by atoms with van der Waals surface area (Å²) in [7, 11) is 0. The molecule has 0 amide bonds. The monoisotopic (exact) mass is 259 g/mol. The number of cyclic esters (lactones) is 1. The fraction of sp³-hybridized carbons (Fsp3) is 0.571. The topological polar surface area (TPSA) is 46.5 Å². The third-order valence-corrected chi connectivity index (χ3v) is 1.61. The first kappa shape index (κ1) is 13.3. The van der Waals surface area contributed by atoms with Gasteiger partial charge in [0.15, 0.2) is 0 Å². The van der Waals surface area contributed by atoms with Crippen LogP contribution in [-0.4, -0.2) is 23.9 Å². The van der Waals surface area contributed by atoms with E-state index < -0.39 is 23.5 Å². The van der Waals surface area contributed by atoms with E-state index in [-0.39, 0.29) is 30.1 Å². The smallest absolute Gasteiger partial charge is 0.449 e. The zero-order valence-corrected chi connectivity index (χ0v) is 7.76. The second-order valence-corrected chi connectivity index (χ2v) is 2.56. The van der Waals surface area contributed by atoms with Gasteiger partial charge in [0.25, 0.3) is 0 Å². The van der Waals surface area contributed by atoms with Crippen LogP contribution in [0.3, 0.4) is 0 Å². The van der Waals surface area contributed by atoms with E-state index in [9.17, 15) is 18.0 Å². The van der Waals surface area contributed by atoms with E-state index >= 15 is 0 Å². The maximum atomic E-state index is 11.9. The Bertz CT molecular complexity index is 259. The van der Waals surface area contributed by atoms with Crippen molar-refractivity contribution < 1.29 is 44.9 Å². The first-order valence-electron chi connectivity index (χ1n) is 3.59. The fourth-order valence-corrected chi connectivity index (χ4v) is 0.989. The van der Waals surface area contributed by atoms with Crippen molar-refractivity contribution in [1.82, 2.24) is 0 Å². The molecule has 0 aromatic carbocycles. The van der Waals surface area contributed by atoms with Gasteiger partial charge in [0, 0.05) is 17.1 Å². The third kappa shape index (κ3) is 2.92. The Labute approximate surface area is 88.4 Å². The van der Waals surface area contributed by atoms with Gasteiger partial charge in [-0.2, -0.15) is 13.2 Å². The number of ether oxygens (including phenoxy) is 1. The molecule has 1 radical (unpaired) electrons. The fourth-order valence-electron chi connectivity index (χ4n) is 0.989. The van der Waals surface area contributed by atoms with Crippen molar-refractivity contribution in [1.29, 1.82) is 0 Å². The molecule has 0 saturated carbocycles. The van der Waals surface area contributed by atoms with E-state index in [0.29, 0.717) is 6.42 Å². The molecule has 0 aliphatic carbocycles. The minimum absolute atomic E-state index is 0. The van der Waals surface area contributed by atoms with Gasteiger partial charge in [-0.05, 0) is 12.8 Å². The molecule has 1 rings (SSSR count). The van der Waals surface area contributed by atoms with Crippen LogP contribution in [0.1, 0.15) is 12.8 Å². The number of hydrogen-bond donors (Lipinski definition) is 1. The number of alkyl halides is 3. The molecule has 0 spiro atoms. The number of halogens is 3. The molecule has 1 N–H and O–H groups in total. The Morgan fingerprint density at radius 1 is 1.43 bits per heavy atom. The number of esters is 1. The van der Waals surface area contributed by atoms with Crippen LogP contribution in [0.25, 0.3) is 0 Å². The van der Waals surface area contributed by atoms with E-state index in [4.69, 9.17) is 5.11 Å². The van der Waals surface area contributed by atoms with Crippen molar-refractivity contribution in [2.45, 2.75) is 19.0 Å². The molecule has 1 saturated heterocycles. The van der Waals surface area contributed by atoms with E-state index in [1.165, 1.54) is 0 Å².